The van der Waals surface area contributed by atoms with Crippen molar-refractivity contribution in [1.29, 1.82) is 0 Å². The maximum Gasteiger partial charge on any atom is 0.306 e. The molecule has 1 aliphatic rings. The second-order valence-corrected chi connectivity index (χ2v) is 6.75. The summed E-state index contributed by atoms with van der Waals surface area (Å²) in [6, 6.07) is 0. The smallest absolute Gasteiger partial charge is 0.306 e. The molecule has 0 heterocycles. The van der Waals surface area contributed by atoms with Gasteiger partial charge in [0.1, 0.15) is 6.61 Å². The standard InChI is InChI=1S/C17H17ClF4O2/c1-8-13(19)15(21)9(16(22)14(8)20)7-24-12(23)6-11-10(4-5-18)17(11,2)3/h4-5,10-11H,6-7H2,1-3H3/b5-4+/t10-,11-/m1/s1. The molecule has 1 fully saturated rings. The Kier molecular flexibility index (Phi) is 5.28. The van der Waals surface area contributed by atoms with E-state index in [0.717, 1.165) is 6.92 Å². The molecule has 0 saturated heterocycles. The summed E-state index contributed by atoms with van der Waals surface area (Å²) in [6.07, 6.45) is 1.79. The topological polar surface area (TPSA) is 26.3 Å². The lowest BCUT2D eigenvalue weighted by atomic mass is 10.1. The Balaban J connectivity index is 2.04. The van der Waals surface area contributed by atoms with Crippen molar-refractivity contribution >= 4 is 17.6 Å². The average Bonchev–Trinajstić information content (AvgIpc) is 3.03. The van der Waals surface area contributed by atoms with Crippen LogP contribution in [0.2, 0.25) is 0 Å². The quantitative estimate of drug-likeness (QED) is 0.417. The van der Waals surface area contributed by atoms with Gasteiger partial charge in [0.05, 0.1) is 5.56 Å². The summed E-state index contributed by atoms with van der Waals surface area (Å²) in [5, 5.41) is 0. The molecule has 1 aromatic rings. The molecule has 2 atom stereocenters. The first kappa shape index (κ1) is 18.8. The van der Waals surface area contributed by atoms with E-state index in [9.17, 15) is 22.4 Å². The number of allylic oxidation sites excluding steroid dienone is 1. The van der Waals surface area contributed by atoms with Crippen LogP contribution in [-0.2, 0) is 16.1 Å². The zero-order valence-electron chi connectivity index (χ0n) is 13.4. The number of halogens is 5. The van der Waals surface area contributed by atoms with Crippen LogP contribution in [0.1, 0.15) is 31.4 Å². The van der Waals surface area contributed by atoms with Gasteiger partial charge in [0.2, 0.25) is 0 Å². The molecule has 0 bridgehead atoms. The van der Waals surface area contributed by atoms with Gasteiger partial charge in [-0.15, -0.1) is 0 Å². The number of rotatable bonds is 5. The number of benzene rings is 1. The fourth-order valence-electron chi connectivity index (χ4n) is 2.94. The summed E-state index contributed by atoms with van der Waals surface area (Å²) in [6.45, 7) is 3.97. The van der Waals surface area contributed by atoms with Crippen molar-refractivity contribution in [2.45, 2.75) is 33.8 Å². The minimum atomic E-state index is -1.55. The van der Waals surface area contributed by atoms with Crippen molar-refractivity contribution in [3.8, 4) is 0 Å². The maximum absolute atomic E-state index is 13.7. The zero-order chi connectivity index (χ0) is 18.2. The number of esters is 1. The van der Waals surface area contributed by atoms with Crippen molar-refractivity contribution in [3.05, 3.63) is 46.0 Å². The molecule has 1 aromatic carbocycles. The first-order valence-corrected chi connectivity index (χ1v) is 7.80. The van der Waals surface area contributed by atoms with E-state index in [1.807, 2.05) is 13.8 Å². The van der Waals surface area contributed by atoms with Crippen LogP contribution in [0.4, 0.5) is 17.6 Å². The van der Waals surface area contributed by atoms with E-state index in [4.69, 9.17) is 16.3 Å². The van der Waals surface area contributed by atoms with E-state index < -0.39 is 47.0 Å². The first-order chi connectivity index (χ1) is 11.1. The van der Waals surface area contributed by atoms with Crippen molar-refractivity contribution in [3.63, 3.8) is 0 Å². The fraction of sp³-hybridized carbons (Fsp3) is 0.471. The van der Waals surface area contributed by atoms with Crippen LogP contribution >= 0.6 is 11.6 Å². The van der Waals surface area contributed by atoms with Gasteiger partial charge in [0.15, 0.2) is 23.3 Å². The van der Waals surface area contributed by atoms with Crippen LogP contribution in [0, 0.1) is 47.4 Å². The monoisotopic (exact) mass is 364 g/mol. The van der Waals surface area contributed by atoms with Crippen molar-refractivity contribution in [2.75, 3.05) is 0 Å². The van der Waals surface area contributed by atoms with Gasteiger partial charge in [-0.1, -0.05) is 31.5 Å². The highest BCUT2D eigenvalue weighted by atomic mass is 35.5. The summed E-state index contributed by atoms with van der Waals surface area (Å²) >= 11 is 5.53. The Morgan fingerprint density at radius 3 is 2.21 bits per heavy atom. The lowest BCUT2D eigenvalue weighted by Gasteiger charge is -2.10. The van der Waals surface area contributed by atoms with E-state index in [0.29, 0.717) is 0 Å². The summed E-state index contributed by atoms with van der Waals surface area (Å²) in [5.41, 5.74) is -0.449. The molecule has 0 spiro atoms. The van der Waals surface area contributed by atoms with Crippen molar-refractivity contribution in [1.82, 2.24) is 0 Å². The molecular weight excluding hydrogens is 348 g/mol. The molecule has 1 saturated carbocycles. The van der Waals surface area contributed by atoms with Crippen molar-refractivity contribution < 1.29 is 27.1 Å². The fourth-order valence-corrected chi connectivity index (χ4v) is 3.10. The second kappa shape index (κ2) is 6.75. The summed E-state index contributed by atoms with van der Waals surface area (Å²) in [7, 11) is 0. The molecule has 24 heavy (non-hydrogen) atoms. The van der Waals surface area contributed by atoms with E-state index in [2.05, 4.69) is 0 Å². The van der Waals surface area contributed by atoms with Crippen LogP contribution in [0.3, 0.4) is 0 Å². The predicted molar refractivity (Wildman–Crippen MR) is 81.2 cm³/mol. The van der Waals surface area contributed by atoms with Crippen LogP contribution in [-0.4, -0.2) is 5.97 Å². The molecule has 7 heteroatoms. The van der Waals surface area contributed by atoms with Gasteiger partial charge in [-0.25, -0.2) is 17.6 Å². The van der Waals surface area contributed by atoms with Gasteiger partial charge >= 0.3 is 5.97 Å². The van der Waals surface area contributed by atoms with Gasteiger partial charge in [-0.05, 0) is 24.2 Å². The third-order valence-corrected chi connectivity index (χ3v) is 4.90. The van der Waals surface area contributed by atoms with Gasteiger partial charge < -0.3 is 4.74 Å². The first-order valence-electron chi connectivity index (χ1n) is 7.36. The van der Waals surface area contributed by atoms with Crippen molar-refractivity contribution in [2.24, 2.45) is 17.3 Å². The molecular formula is C17H17ClF4O2. The van der Waals surface area contributed by atoms with Crippen LogP contribution < -0.4 is 0 Å². The summed E-state index contributed by atoms with van der Waals surface area (Å²) in [5.74, 6) is -6.68. The lowest BCUT2D eigenvalue weighted by molar-refractivity contribution is -0.145. The number of hydrogen-bond acceptors (Lipinski definition) is 2. The van der Waals surface area contributed by atoms with Crippen LogP contribution in [0.25, 0.3) is 0 Å². The minimum absolute atomic E-state index is 0.0128. The Morgan fingerprint density at radius 1 is 1.17 bits per heavy atom. The Hall–Kier alpha value is -1.56. The minimum Gasteiger partial charge on any atom is -0.461 e. The molecule has 0 radical (unpaired) electrons. The maximum atomic E-state index is 13.7. The predicted octanol–water partition coefficient (Wildman–Crippen LogP) is 5.01. The normalized spacial score (nSPS) is 22.0. The molecule has 2 nitrogen and oxygen atoms in total. The summed E-state index contributed by atoms with van der Waals surface area (Å²) < 4.78 is 59.2. The number of ether oxygens (including phenoxy) is 1. The highest BCUT2D eigenvalue weighted by Crippen LogP contribution is 2.60. The SMILES string of the molecule is Cc1c(F)c(F)c(COC(=O)C[C@@H]2[C@@H](/C=C/Cl)C2(C)C)c(F)c1F. The Morgan fingerprint density at radius 2 is 1.71 bits per heavy atom. The number of carbonyl (C=O) groups excluding carboxylic acids is 1. The zero-order valence-corrected chi connectivity index (χ0v) is 14.2. The van der Waals surface area contributed by atoms with Gasteiger partial charge in [-0.2, -0.15) is 0 Å². The molecule has 1 aliphatic carbocycles. The molecule has 0 N–H and O–H groups in total. The second-order valence-electron chi connectivity index (χ2n) is 6.50. The largest absolute Gasteiger partial charge is 0.461 e. The number of carbonyl (C=O) groups is 1. The molecule has 0 aromatic heterocycles. The highest BCUT2D eigenvalue weighted by molar-refractivity contribution is 6.25. The highest BCUT2D eigenvalue weighted by Gasteiger charge is 2.56. The van der Waals surface area contributed by atoms with Gasteiger partial charge in [0.25, 0.3) is 0 Å². The molecule has 0 aliphatic heterocycles. The third kappa shape index (κ3) is 3.29. The van der Waals surface area contributed by atoms with Crippen LogP contribution in [0.5, 0.6) is 0 Å². The Labute approximate surface area is 142 Å². The van der Waals surface area contributed by atoms with E-state index in [-0.39, 0.29) is 23.7 Å². The summed E-state index contributed by atoms with van der Waals surface area (Å²) in [4.78, 5) is 11.9. The lowest BCUT2D eigenvalue weighted by Crippen LogP contribution is -2.12. The third-order valence-electron chi connectivity index (χ3n) is 4.76. The number of hydrogen-bond donors (Lipinski definition) is 0. The molecule has 2 rings (SSSR count). The van der Waals surface area contributed by atoms with Gasteiger partial charge in [0, 0.05) is 17.5 Å². The van der Waals surface area contributed by atoms with E-state index in [1.165, 1.54) is 5.54 Å². The average molecular weight is 365 g/mol. The van der Waals surface area contributed by atoms with Crippen LogP contribution in [0.15, 0.2) is 11.6 Å². The molecule has 132 valence electrons. The molecule has 0 amide bonds. The Bertz CT molecular complexity index is 671. The van der Waals surface area contributed by atoms with E-state index >= 15 is 0 Å². The van der Waals surface area contributed by atoms with E-state index in [1.54, 1.807) is 6.08 Å². The molecule has 0 unspecified atom stereocenters. The van der Waals surface area contributed by atoms with Gasteiger partial charge in [-0.3, -0.25) is 4.79 Å².